The van der Waals surface area contributed by atoms with Crippen molar-refractivity contribution in [3.63, 3.8) is 0 Å². The van der Waals surface area contributed by atoms with Crippen LogP contribution in [-0.4, -0.2) is 52.2 Å². The second kappa shape index (κ2) is 10.6. The average Bonchev–Trinajstić information content (AvgIpc) is 3.55. The number of rotatable bonds is 5. The minimum absolute atomic E-state index is 0.346. The zero-order valence-electron chi connectivity index (χ0n) is 19.6. The molecule has 1 aromatic carbocycles. The Labute approximate surface area is 228 Å². The maximum absolute atomic E-state index is 13.0. The van der Waals surface area contributed by atoms with Crippen molar-refractivity contribution in [2.45, 2.75) is 25.2 Å². The maximum atomic E-state index is 13.0. The molecule has 1 atom stereocenters. The Balaban J connectivity index is 1.18. The summed E-state index contributed by atoms with van der Waals surface area (Å²) in [7, 11) is 0. The first-order valence-corrected chi connectivity index (χ1v) is 13.2. The Morgan fingerprint density at radius 1 is 1.11 bits per heavy atom. The number of benzene rings is 1. The summed E-state index contributed by atoms with van der Waals surface area (Å²) in [6.45, 7) is 1.20. The van der Waals surface area contributed by atoms with Crippen LogP contribution < -0.4 is 10.5 Å². The summed E-state index contributed by atoms with van der Waals surface area (Å²) in [6.07, 6.45) is -3.87. The van der Waals surface area contributed by atoms with Gasteiger partial charge in [0.05, 0.1) is 5.56 Å². The second-order valence-corrected chi connectivity index (χ2v) is 10.4. The molecule has 0 aliphatic carbocycles. The molecule has 0 bridgehead atoms. The van der Waals surface area contributed by atoms with Gasteiger partial charge in [0.15, 0.2) is 11.2 Å². The van der Waals surface area contributed by atoms with Crippen LogP contribution >= 0.6 is 34.5 Å². The summed E-state index contributed by atoms with van der Waals surface area (Å²) in [5.41, 5.74) is 0.385. The van der Waals surface area contributed by atoms with Crippen LogP contribution in [0.3, 0.4) is 0 Å². The van der Waals surface area contributed by atoms with Crippen molar-refractivity contribution in [1.29, 1.82) is 0 Å². The second-order valence-electron chi connectivity index (χ2n) is 8.74. The van der Waals surface area contributed by atoms with Crippen LogP contribution in [0.15, 0.2) is 51.9 Å². The zero-order chi connectivity index (χ0) is 27.0. The van der Waals surface area contributed by atoms with Crippen molar-refractivity contribution in [2.75, 3.05) is 31.1 Å². The molecule has 0 spiro atoms. The van der Waals surface area contributed by atoms with Crippen molar-refractivity contribution in [1.82, 2.24) is 14.5 Å². The largest absolute Gasteiger partial charge is 0.417 e. The van der Waals surface area contributed by atoms with Gasteiger partial charge in [-0.2, -0.15) is 13.2 Å². The summed E-state index contributed by atoms with van der Waals surface area (Å²) in [4.78, 5) is 38.5. The Bertz CT molecular complexity index is 1430. The van der Waals surface area contributed by atoms with Crippen LogP contribution in [-0.2, 0) is 22.4 Å². The molecular formula is C24H20Cl2F3N5O3S. The van der Waals surface area contributed by atoms with Gasteiger partial charge in [-0.05, 0) is 18.2 Å². The molecule has 0 unspecified atom stereocenters. The molecular weight excluding hydrogens is 566 g/mol. The molecule has 4 heterocycles. The molecule has 1 saturated heterocycles. The van der Waals surface area contributed by atoms with Crippen LogP contribution in [0.25, 0.3) is 0 Å². The van der Waals surface area contributed by atoms with Gasteiger partial charge in [0.1, 0.15) is 18.0 Å². The van der Waals surface area contributed by atoms with Gasteiger partial charge in [0, 0.05) is 65.9 Å². The third-order valence-corrected chi connectivity index (χ3v) is 7.86. The molecule has 2 aromatic heterocycles. The van der Waals surface area contributed by atoms with Crippen LogP contribution in [0.4, 0.5) is 18.3 Å². The number of piperazine rings is 1. The van der Waals surface area contributed by atoms with E-state index in [1.807, 2.05) is 10.3 Å². The van der Waals surface area contributed by atoms with E-state index in [0.717, 1.165) is 15.8 Å². The predicted octanol–water partition coefficient (Wildman–Crippen LogP) is 4.84. The van der Waals surface area contributed by atoms with Crippen molar-refractivity contribution < 1.29 is 22.8 Å². The van der Waals surface area contributed by atoms with Gasteiger partial charge in [-0.25, -0.2) is 4.98 Å². The molecule has 38 heavy (non-hydrogen) atoms. The van der Waals surface area contributed by atoms with E-state index in [0.29, 0.717) is 71.9 Å². The highest BCUT2D eigenvalue weighted by atomic mass is 35.5. The monoisotopic (exact) mass is 585 g/mol. The number of halogens is 5. The number of anilines is 1. The molecule has 2 aliphatic rings. The van der Waals surface area contributed by atoms with Gasteiger partial charge in [-0.1, -0.05) is 34.4 Å². The summed E-state index contributed by atoms with van der Waals surface area (Å²) in [6, 6.07) is 6.77. The first-order valence-electron chi connectivity index (χ1n) is 11.5. The van der Waals surface area contributed by atoms with Gasteiger partial charge in [-0.3, -0.25) is 9.59 Å². The van der Waals surface area contributed by atoms with E-state index in [1.165, 1.54) is 16.2 Å². The maximum Gasteiger partial charge on any atom is 0.417 e. The van der Waals surface area contributed by atoms with Crippen molar-refractivity contribution >= 4 is 51.3 Å². The zero-order valence-corrected chi connectivity index (χ0v) is 21.9. The van der Waals surface area contributed by atoms with E-state index in [-0.39, 0.29) is 0 Å². The van der Waals surface area contributed by atoms with Gasteiger partial charge in [0.25, 0.3) is 5.56 Å². The number of hydrogen-bond donors (Lipinski definition) is 0. The Morgan fingerprint density at radius 3 is 2.50 bits per heavy atom. The molecule has 0 radical (unpaired) electrons. The molecule has 200 valence electrons. The van der Waals surface area contributed by atoms with Crippen LogP contribution in [0.5, 0.6) is 0 Å². The summed E-state index contributed by atoms with van der Waals surface area (Å²) < 4.78 is 39.7. The third kappa shape index (κ3) is 5.52. The Morgan fingerprint density at radius 2 is 1.82 bits per heavy atom. The smallest absolute Gasteiger partial charge is 0.387 e. The number of hydrogen-bond acceptors (Lipinski definition) is 7. The molecule has 0 N–H and O–H groups in total. The fraction of sp³-hybridized carbons (Fsp3) is 0.333. The lowest BCUT2D eigenvalue weighted by molar-refractivity contribution is -0.138. The van der Waals surface area contributed by atoms with E-state index < -0.39 is 35.9 Å². The number of aromatic nitrogens is 2. The van der Waals surface area contributed by atoms with E-state index in [1.54, 1.807) is 18.2 Å². The molecule has 8 nitrogen and oxygen atoms in total. The number of alkyl halides is 3. The van der Waals surface area contributed by atoms with Crippen LogP contribution in [0.2, 0.25) is 10.0 Å². The molecule has 1 fully saturated rings. The molecule has 3 aromatic rings. The number of carbonyl (C=O) groups is 1. The number of pyridine rings is 1. The predicted molar refractivity (Wildman–Crippen MR) is 138 cm³/mol. The van der Waals surface area contributed by atoms with Gasteiger partial charge < -0.3 is 19.2 Å². The standard InChI is InChI=1S/C24H20Cl2F3N5O3S/c25-15-2-1-3-16(26)22(15)19-10-17(31-37-19)18-13-38-23(30-18)33-8-6-32(7-9-33)21(36)12-34-11-14(24(27,28)29)4-5-20(34)35/h1-5,11,13,19H,6-10,12H2/t19-/m0/s1. The van der Waals surface area contributed by atoms with E-state index in [2.05, 4.69) is 10.1 Å². The Hall–Kier alpha value is -3.09. The fourth-order valence-corrected chi connectivity index (χ4v) is 5.79. The number of nitrogens with zero attached hydrogens (tertiary/aromatic N) is 5. The summed E-state index contributed by atoms with van der Waals surface area (Å²) in [5.74, 6) is -0.423. The minimum atomic E-state index is -4.60. The topological polar surface area (TPSA) is 80.0 Å². The van der Waals surface area contributed by atoms with Crippen LogP contribution in [0.1, 0.15) is 29.3 Å². The van der Waals surface area contributed by atoms with Gasteiger partial charge in [-0.15, -0.1) is 11.3 Å². The highest BCUT2D eigenvalue weighted by Gasteiger charge is 2.32. The number of amides is 1. The lowest BCUT2D eigenvalue weighted by Gasteiger charge is -2.34. The normalized spacial score (nSPS) is 17.9. The van der Waals surface area contributed by atoms with E-state index in [4.69, 9.17) is 28.0 Å². The van der Waals surface area contributed by atoms with Crippen molar-refractivity contribution in [3.8, 4) is 0 Å². The van der Waals surface area contributed by atoms with Crippen molar-refractivity contribution in [2.24, 2.45) is 5.16 Å². The van der Waals surface area contributed by atoms with Crippen molar-refractivity contribution in [3.05, 3.63) is 79.1 Å². The quantitative estimate of drug-likeness (QED) is 0.428. The summed E-state index contributed by atoms with van der Waals surface area (Å²) in [5, 5.41) is 7.82. The van der Waals surface area contributed by atoms with Crippen LogP contribution in [0, 0.1) is 0 Å². The first kappa shape index (κ1) is 26.5. The molecule has 14 heteroatoms. The molecule has 2 aliphatic heterocycles. The average molecular weight is 586 g/mol. The highest BCUT2D eigenvalue weighted by molar-refractivity contribution is 7.14. The number of thiazole rings is 1. The highest BCUT2D eigenvalue weighted by Crippen LogP contribution is 2.38. The van der Waals surface area contributed by atoms with Gasteiger partial charge in [0.2, 0.25) is 5.91 Å². The molecule has 5 rings (SSSR count). The molecule has 0 saturated carbocycles. The van der Waals surface area contributed by atoms with E-state index in [9.17, 15) is 22.8 Å². The number of oxime groups is 1. The SMILES string of the molecule is O=C(Cn1cc(C(F)(F)F)ccc1=O)N1CCN(c2nc(C3=NO[C@H](c4c(Cl)cccc4Cl)C3)cs2)CC1. The molecule has 1 amide bonds. The number of carbonyl (C=O) groups excluding carboxylic acids is 1. The fourth-order valence-electron chi connectivity index (χ4n) is 4.26. The first-order chi connectivity index (χ1) is 18.1. The minimum Gasteiger partial charge on any atom is -0.387 e. The lowest BCUT2D eigenvalue weighted by atomic mass is 10.0. The Kier molecular flexibility index (Phi) is 7.38. The lowest BCUT2D eigenvalue weighted by Crippen LogP contribution is -2.50. The van der Waals surface area contributed by atoms with E-state index >= 15 is 0 Å². The third-order valence-electron chi connectivity index (χ3n) is 6.30. The summed E-state index contributed by atoms with van der Waals surface area (Å²) >= 11 is 14.0. The van der Waals surface area contributed by atoms with Gasteiger partial charge >= 0.3 is 6.18 Å².